The van der Waals surface area contributed by atoms with Crippen LogP contribution in [0.3, 0.4) is 0 Å². The van der Waals surface area contributed by atoms with Gasteiger partial charge < -0.3 is 29.5 Å². The van der Waals surface area contributed by atoms with Crippen molar-refractivity contribution in [1.29, 1.82) is 0 Å². The van der Waals surface area contributed by atoms with E-state index in [1.54, 1.807) is 12.1 Å². The van der Waals surface area contributed by atoms with Crippen molar-refractivity contribution in [2.75, 3.05) is 20.3 Å². The van der Waals surface area contributed by atoms with E-state index in [0.29, 0.717) is 48.0 Å². The van der Waals surface area contributed by atoms with Crippen molar-refractivity contribution in [3.63, 3.8) is 0 Å². The molecule has 2 atom stereocenters. The van der Waals surface area contributed by atoms with Crippen molar-refractivity contribution < 1.29 is 33.7 Å². The van der Waals surface area contributed by atoms with E-state index in [9.17, 15) is 14.7 Å². The highest BCUT2D eigenvalue weighted by Gasteiger charge is 2.54. The Morgan fingerprint density at radius 1 is 1.33 bits per heavy atom. The Bertz CT molecular complexity index is 1020. The number of aldehydes is 1. The molecule has 3 rings (SSSR count). The Labute approximate surface area is 223 Å². The molecule has 0 aromatic heterocycles. The lowest BCUT2D eigenvalue weighted by atomic mass is 10.0. The summed E-state index contributed by atoms with van der Waals surface area (Å²) in [5.41, 5.74) is 0.308. The maximum Gasteiger partial charge on any atom is 0.311 e. The van der Waals surface area contributed by atoms with Gasteiger partial charge >= 0.3 is 5.79 Å². The van der Waals surface area contributed by atoms with Gasteiger partial charge in [0.1, 0.15) is 24.1 Å². The number of nitrogens with zero attached hydrogens (tertiary/aromatic N) is 1. The first-order valence-electron chi connectivity index (χ1n) is 9.48. The van der Waals surface area contributed by atoms with Gasteiger partial charge in [-0.25, -0.2) is 0 Å². The molecule has 2 aliphatic rings. The van der Waals surface area contributed by atoms with Crippen LogP contribution in [0.2, 0.25) is 0 Å². The van der Waals surface area contributed by atoms with E-state index in [1.807, 2.05) is 0 Å². The average molecular weight is 718 g/mol. The summed E-state index contributed by atoms with van der Waals surface area (Å²) in [6.45, 7) is 0.565. The quantitative estimate of drug-likeness (QED) is 0.305. The van der Waals surface area contributed by atoms with Crippen molar-refractivity contribution in [3.05, 3.63) is 47.6 Å². The summed E-state index contributed by atoms with van der Waals surface area (Å²) in [6, 6.07) is 3.30. The third kappa shape index (κ3) is 5.81. The Morgan fingerprint density at radius 3 is 2.67 bits per heavy atom. The molecule has 1 amide bonds. The molecule has 1 spiro atoms. The molecule has 13 heteroatoms. The van der Waals surface area contributed by atoms with Crippen molar-refractivity contribution >= 4 is 81.6 Å². The number of halogens is 4. The van der Waals surface area contributed by atoms with E-state index in [4.69, 9.17) is 19.0 Å². The Morgan fingerprint density at radius 2 is 2.03 bits per heavy atom. The zero-order valence-corrected chi connectivity index (χ0v) is 23.4. The Kier molecular flexibility index (Phi) is 9.01. The minimum atomic E-state index is -1.60. The summed E-state index contributed by atoms with van der Waals surface area (Å²) in [6.07, 6.45) is 1.17. The van der Waals surface area contributed by atoms with Gasteiger partial charge in [-0.2, -0.15) is 0 Å². The van der Waals surface area contributed by atoms with Crippen LogP contribution in [0.4, 0.5) is 0 Å². The first kappa shape index (κ1) is 26.2. The van der Waals surface area contributed by atoms with Crippen LogP contribution in [0.1, 0.15) is 23.2 Å². The summed E-state index contributed by atoms with van der Waals surface area (Å²) in [4.78, 5) is 28.8. The van der Waals surface area contributed by atoms with Gasteiger partial charge in [0.2, 0.25) is 0 Å². The van der Waals surface area contributed by atoms with Gasteiger partial charge in [0.05, 0.1) is 33.6 Å². The maximum absolute atomic E-state index is 12.5. The van der Waals surface area contributed by atoms with Crippen LogP contribution < -0.4 is 10.1 Å². The number of amides is 1. The molecule has 178 valence electrons. The van der Waals surface area contributed by atoms with E-state index in [1.165, 1.54) is 13.4 Å². The summed E-state index contributed by atoms with van der Waals surface area (Å²) in [5, 5.41) is 17.2. The van der Waals surface area contributed by atoms with E-state index in [2.05, 4.69) is 74.2 Å². The zero-order valence-electron chi connectivity index (χ0n) is 17.1. The number of benzene rings is 1. The molecule has 0 unspecified atom stereocenters. The summed E-state index contributed by atoms with van der Waals surface area (Å²) < 4.78 is 19.0. The van der Waals surface area contributed by atoms with Gasteiger partial charge in [0.15, 0.2) is 11.8 Å². The molecule has 9 nitrogen and oxygen atoms in total. The molecule has 2 heterocycles. The van der Waals surface area contributed by atoms with Crippen molar-refractivity contribution in [3.8, 4) is 5.75 Å². The number of aliphatic hydroxyl groups excluding tert-OH is 1. The van der Waals surface area contributed by atoms with Crippen molar-refractivity contribution in [1.82, 2.24) is 5.32 Å². The summed E-state index contributed by atoms with van der Waals surface area (Å²) >= 11 is 13.4. The Balaban J connectivity index is 1.52. The number of rotatable bonds is 8. The second-order valence-corrected chi connectivity index (χ2v) is 10.4. The summed E-state index contributed by atoms with van der Waals surface area (Å²) in [5.74, 6) is -1.16. The molecule has 0 saturated carbocycles. The van der Waals surface area contributed by atoms with Gasteiger partial charge in [-0.3, -0.25) is 9.59 Å². The summed E-state index contributed by atoms with van der Waals surface area (Å²) in [7, 11) is 1.49. The number of hydrogen-bond acceptors (Lipinski definition) is 8. The number of methoxy groups -OCH3 is 1. The van der Waals surface area contributed by atoms with Crippen LogP contribution in [0, 0.1) is 0 Å². The van der Waals surface area contributed by atoms with Crippen LogP contribution in [0.5, 0.6) is 5.75 Å². The van der Waals surface area contributed by atoms with Crippen LogP contribution in [-0.4, -0.2) is 55.2 Å². The number of hydrogen-bond donors (Lipinski definition) is 2. The molecular weight excluding hydrogens is 700 g/mol. The van der Waals surface area contributed by atoms with E-state index in [-0.39, 0.29) is 18.7 Å². The maximum atomic E-state index is 12.5. The topological polar surface area (TPSA) is 116 Å². The third-order valence-corrected chi connectivity index (χ3v) is 7.01. The van der Waals surface area contributed by atoms with Crippen LogP contribution >= 0.6 is 63.7 Å². The molecule has 2 aliphatic heterocycles. The number of aliphatic hydroxyl groups is 1. The molecule has 0 saturated heterocycles. The first-order valence-corrected chi connectivity index (χ1v) is 12.7. The third-order valence-electron chi connectivity index (χ3n) is 4.65. The number of carbonyl (C=O) groups excluding carboxylic acids is 2. The largest absolute Gasteiger partial charge is 0.495 e. The highest BCUT2D eigenvalue weighted by molar-refractivity contribution is 9.12. The fourth-order valence-corrected chi connectivity index (χ4v) is 6.00. The molecule has 0 radical (unpaired) electrons. The molecule has 1 aromatic carbocycles. The minimum absolute atomic E-state index is 0.0592. The predicted octanol–water partition coefficient (Wildman–Crippen LogP) is 4.26. The number of carbonyl (C=O) groups is 2. The monoisotopic (exact) mass is 714 g/mol. The molecule has 2 N–H and O–H groups in total. The van der Waals surface area contributed by atoms with E-state index >= 15 is 0 Å². The average Bonchev–Trinajstić information content (AvgIpc) is 3.02. The lowest BCUT2D eigenvalue weighted by molar-refractivity contribution is -0.225. The number of oxime groups is 1. The molecular formula is C20H18Br4N2O7. The molecule has 0 aliphatic carbocycles. The van der Waals surface area contributed by atoms with Gasteiger partial charge in [0.25, 0.3) is 5.91 Å². The standard InChI is InChI=1S/C20H18Br4N2O7/c1-30-16-13(23)7-20(32-9-14(16)24)18(28)15(26-33-20)19(29)25-3-2-4-31-17-11(21)5-10(8-27)6-12(17)22/h5-6,8-9,18,28H,2-4,7H2,1H3,(H,25,29)/t18-,20-/m0/s1. The zero-order chi connectivity index (χ0) is 24.2. The van der Waals surface area contributed by atoms with Gasteiger partial charge in [-0.05, 0) is 66.3 Å². The van der Waals surface area contributed by atoms with Crippen molar-refractivity contribution in [2.45, 2.75) is 24.7 Å². The van der Waals surface area contributed by atoms with E-state index in [0.717, 1.165) is 6.29 Å². The predicted molar refractivity (Wildman–Crippen MR) is 133 cm³/mol. The smallest absolute Gasteiger partial charge is 0.311 e. The molecule has 33 heavy (non-hydrogen) atoms. The molecule has 0 bridgehead atoms. The van der Waals surface area contributed by atoms with Crippen LogP contribution in [0.15, 0.2) is 47.2 Å². The second-order valence-electron chi connectivity index (χ2n) is 6.87. The van der Waals surface area contributed by atoms with Crippen LogP contribution in [0.25, 0.3) is 0 Å². The fraction of sp³-hybridized carbons (Fsp3) is 0.350. The fourth-order valence-electron chi connectivity index (χ4n) is 3.02. The molecule has 0 fully saturated rings. The van der Waals surface area contributed by atoms with Gasteiger partial charge in [-0.15, -0.1) is 0 Å². The lowest BCUT2D eigenvalue weighted by Gasteiger charge is -2.27. The van der Waals surface area contributed by atoms with Gasteiger partial charge in [-0.1, -0.05) is 21.1 Å². The SMILES string of the molecule is COC1=C(Br)C[C@]2(OC=C1Br)ON=C(C(=O)NCCCOc1c(Br)cc(C=O)cc1Br)[C@@H]2O. The highest BCUT2D eigenvalue weighted by atomic mass is 79.9. The van der Waals surface area contributed by atoms with Crippen LogP contribution in [-0.2, 0) is 19.1 Å². The minimum Gasteiger partial charge on any atom is -0.495 e. The first-order chi connectivity index (χ1) is 15.7. The Hall–Kier alpha value is -1.41. The number of allylic oxidation sites excluding steroid dienone is 1. The normalized spacial score (nSPS) is 22.1. The lowest BCUT2D eigenvalue weighted by Crippen LogP contribution is -2.49. The highest BCUT2D eigenvalue weighted by Crippen LogP contribution is 2.41. The second kappa shape index (κ2) is 11.3. The van der Waals surface area contributed by atoms with E-state index < -0.39 is 17.8 Å². The number of ether oxygens (including phenoxy) is 3. The number of nitrogens with one attached hydrogen (secondary N) is 1. The molecule has 1 aromatic rings. The van der Waals surface area contributed by atoms with Gasteiger partial charge in [0, 0.05) is 16.6 Å². The van der Waals surface area contributed by atoms with Crippen molar-refractivity contribution in [2.24, 2.45) is 5.16 Å².